The van der Waals surface area contributed by atoms with Gasteiger partial charge in [0.05, 0.1) is 17.0 Å². The molecule has 2 heterocycles. The van der Waals surface area contributed by atoms with Crippen LogP contribution in [0.1, 0.15) is 36.1 Å². The monoisotopic (exact) mass is 555 g/mol. The minimum atomic E-state index is -4.52. The lowest BCUT2D eigenvalue weighted by molar-refractivity contribution is -0.664. The number of hydrogen-bond acceptors (Lipinski definition) is 3. The molecular formula is C31H38F3N4O2+. The number of anilines is 1. The quantitative estimate of drug-likeness (QED) is 0.237. The highest BCUT2D eigenvalue weighted by atomic mass is 19.4. The Bertz CT molecular complexity index is 1430. The van der Waals surface area contributed by atoms with Crippen molar-refractivity contribution in [3.8, 4) is 11.1 Å². The molecule has 1 aromatic heterocycles. The zero-order chi connectivity index (χ0) is 29.6. The Balaban J connectivity index is 1.84. The van der Waals surface area contributed by atoms with Gasteiger partial charge in [0.2, 0.25) is 5.91 Å². The predicted molar refractivity (Wildman–Crippen MR) is 153 cm³/mol. The van der Waals surface area contributed by atoms with Crippen molar-refractivity contribution in [1.82, 2.24) is 9.55 Å². The van der Waals surface area contributed by atoms with Gasteiger partial charge in [0.1, 0.15) is 25.8 Å². The lowest BCUT2D eigenvalue weighted by atomic mass is 9.81. The Kier molecular flexibility index (Phi) is 7.88. The minimum absolute atomic E-state index is 0.289. The fraction of sp³-hybridized carbons (Fsp3) is 0.419. The number of aromatic nitrogens is 1. The fourth-order valence-corrected chi connectivity index (χ4v) is 5.46. The van der Waals surface area contributed by atoms with E-state index in [2.05, 4.69) is 4.90 Å². The van der Waals surface area contributed by atoms with Gasteiger partial charge in [-0.25, -0.2) is 0 Å². The van der Waals surface area contributed by atoms with Gasteiger partial charge in [-0.3, -0.25) is 14.3 Å². The van der Waals surface area contributed by atoms with E-state index in [9.17, 15) is 23.2 Å². The zero-order valence-corrected chi connectivity index (χ0v) is 24.3. The van der Waals surface area contributed by atoms with Crippen LogP contribution in [0.4, 0.5) is 24.7 Å². The molecule has 0 saturated carbocycles. The number of pyridine rings is 1. The van der Waals surface area contributed by atoms with Gasteiger partial charge < -0.3 is 10.1 Å². The first-order chi connectivity index (χ1) is 18.5. The number of amides is 1. The number of hydrogen-bond donors (Lipinski definition) is 0. The molecule has 6 nitrogen and oxygen atoms in total. The highest BCUT2D eigenvalue weighted by molar-refractivity contribution is 6.03. The van der Waals surface area contributed by atoms with E-state index < -0.39 is 21.8 Å². The molecule has 2 aromatic carbocycles. The zero-order valence-electron chi connectivity index (χ0n) is 24.3. The van der Waals surface area contributed by atoms with Crippen LogP contribution in [0.25, 0.3) is 11.1 Å². The van der Waals surface area contributed by atoms with E-state index in [4.69, 9.17) is 0 Å². The average Bonchev–Trinajstić information content (AvgIpc) is 2.89. The van der Waals surface area contributed by atoms with E-state index in [-0.39, 0.29) is 11.5 Å². The molecule has 1 aliphatic heterocycles. The first-order valence-corrected chi connectivity index (χ1v) is 13.4. The molecule has 3 aromatic rings. The maximum absolute atomic E-state index is 14.1. The molecule has 1 fully saturated rings. The number of hydroxylamine groups is 2. The second-order valence-corrected chi connectivity index (χ2v) is 11.6. The molecule has 40 heavy (non-hydrogen) atoms. The number of carbonyl (C=O) groups excluding carboxylic acids is 1. The molecule has 1 saturated heterocycles. The molecule has 4 rings (SSSR count). The molecule has 9 heteroatoms. The molecular weight excluding hydrogens is 517 g/mol. The number of rotatable bonds is 5. The predicted octanol–water partition coefficient (Wildman–Crippen LogP) is 5.50. The van der Waals surface area contributed by atoms with Crippen molar-refractivity contribution in [2.24, 2.45) is 7.05 Å². The summed E-state index contributed by atoms with van der Waals surface area (Å²) < 4.78 is 42.1. The van der Waals surface area contributed by atoms with E-state index in [0.717, 1.165) is 28.8 Å². The standard InChI is InChI=1S/C31H38F3N4O2/c1-21-16-23(18-24(17-21)31(32,33)34)30(3,4)29(39)37(7)27-20-36(6)28(38(40)14-12-35(5)13-15-38)19-26(27)25-11-9-8-10-22(25)2/h8-11,16-20H,12-15H2,1-7H3/q+1. The van der Waals surface area contributed by atoms with Crippen LogP contribution in [-0.2, 0) is 23.4 Å². The first-order valence-electron chi connectivity index (χ1n) is 13.4. The molecule has 214 valence electrons. The molecule has 0 N–H and O–H groups in total. The number of aryl methyl sites for hydroxylation is 3. The molecule has 1 amide bonds. The van der Waals surface area contributed by atoms with Crippen LogP contribution in [0.5, 0.6) is 0 Å². The number of benzene rings is 2. The summed E-state index contributed by atoms with van der Waals surface area (Å²) in [5, 5.41) is 14.0. The Morgan fingerprint density at radius 3 is 2.20 bits per heavy atom. The van der Waals surface area contributed by atoms with Crippen molar-refractivity contribution in [1.29, 1.82) is 0 Å². The fourth-order valence-electron chi connectivity index (χ4n) is 5.46. The number of alkyl halides is 3. The van der Waals surface area contributed by atoms with Gasteiger partial charge in [-0.1, -0.05) is 35.9 Å². The third kappa shape index (κ3) is 5.64. The lowest BCUT2D eigenvalue weighted by Gasteiger charge is -2.44. The van der Waals surface area contributed by atoms with Gasteiger partial charge in [-0.15, -0.1) is 0 Å². The smallest absolute Gasteiger partial charge is 0.416 e. The van der Waals surface area contributed by atoms with Crippen molar-refractivity contribution in [3.05, 3.63) is 82.2 Å². The first kappa shape index (κ1) is 29.7. The van der Waals surface area contributed by atoms with Gasteiger partial charge in [0, 0.05) is 25.7 Å². The van der Waals surface area contributed by atoms with Gasteiger partial charge in [0.25, 0.3) is 0 Å². The summed E-state index contributed by atoms with van der Waals surface area (Å²) in [6.45, 7) is 9.02. The Labute approximate surface area is 234 Å². The maximum Gasteiger partial charge on any atom is 0.416 e. The normalized spacial score (nSPS) is 16.2. The van der Waals surface area contributed by atoms with Gasteiger partial charge in [-0.05, 0) is 63.6 Å². The summed E-state index contributed by atoms with van der Waals surface area (Å²) >= 11 is 0. The SMILES string of the molecule is Cc1cc(C(F)(F)F)cc(C(C)(C)C(=O)N(C)c2c[n+](C)c([N+]3([O-])CCN(C)CC3)cc2-c2ccccc2C)c1. The van der Waals surface area contributed by atoms with Crippen LogP contribution >= 0.6 is 0 Å². The topological polar surface area (TPSA) is 50.5 Å². The molecule has 1 aliphatic rings. The Hall–Kier alpha value is -3.27. The maximum atomic E-state index is 14.1. The van der Waals surface area contributed by atoms with E-state index in [1.54, 1.807) is 51.7 Å². The van der Waals surface area contributed by atoms with Crippen LogP contribution in [-0.4, -0.2) is 51.1 Å². The molecule has 0 unspecified atom stereocenters. The van der Waals surface area contributed by atoms with Crippen LogP contribution in [0.3, 0.4) is 0 Å². The summed E-state index contributed by atoms with van der Waals surface area (Å²) in [5.74, 6) is 0.225. The van der Waals surface area contributed by atoms with E-state index in [1.807, 2.05) is 44.3 Å². The summed E-state index contributed by atoms with van der Waals surface area (Å²) in [4.78, 5) is 17.7. The summed E-state index contributed by atoms with van der Waals surface area (Å²) in [7, 11) is 5.44. The molecule has 0 spiro atoms. The third-order valence-electron chi connectivity index (χ3n) is 8.09. The highest BCUT2D eigenvalue weighted by Gasteiger charge is 2.40. The second-order valence-electron chi connectivity index (χ2n) is 11.6. The van der Waals surface area contributed by atoms with E-state index in [0.29, 0.717) is 43.2 Å². The number of piperazine rings is 1. The average molecular weight is 556 g/mol. The Morgan fingerprint density at radius 2 is 1.60 bits per heavy atom. The number of quaternary nitrogens is 1. The number of carbonyl (C=O) groups is 1. The van der Waals surface area contributed by atoms with Crippen molar-refractivity contribution in [3.63, 3.8) is 0 Å². The van der Waals surface area contributed by atoms with Crippen LogP contribution < -0.4 is 14.1 Å². The molecule has 0 bridgehead atoms. The second kappa shape index (κ2) is 10.6. The summed E-state index contributed by atoms with van der Waals surface area (Å²) in [6.07, 6.45) is -2.73. The van der Waals surface area contributed by atoms with Crippen LogP contribution in [0.15, 0.2) is 54.7 Å². The van der Waals surface area contributed by atoms with Crippen molar-refractivity contribution < 1.29 is 22.5 Å². The van der Waals surface area contributed by atoms with Crippen LogP contribution in [0.2, 0.25) is 0 Å². The Morgan fingerprint density at radius 1 is 1.00 bits per heavy atom. The van der Waals surface area contributed by atoms with Crippen molar-refractivity contribution in [2.45, 2.75) is 39.3 Å². The number of halogens is 3. The van der Waals surface area contributed by atoms with Gasteiger partial charge >= 0.3 is 12.0 Å². The third-order valence-corrected chi connectivity index (χ3v) is 8.09. The molecule has 0 aliphatic carbocycles. The largest absolute Gasteiger partial charge is 0.623 e. The van der Waals surface area contributed by atoms with E-state index >= 15 is 0 Å². The minimum Gasteiger partial charge on any atom is -0.623 e. The van der Waals surface area contributed by atoms with E-state index in [1.165, 1.54) is 4.90 Å². The summed E-state index contributed by atoms with van der Waals surface area (Å²) in [6, 6.07) is 13.4. The van der Waals surface area contributed by atoms with Gasteiger partial charge in [0.15, 0.2) is 6.20 Å². The molecule has 0 atom stereocenters. The summed E-state index contributed by atoms with van der Waals surface area (Å²) in [5.41, 5.74) is 1.84. The lowest BCUT2D eigenvalue weighted by Crippen LogP contribution is -2.60. The van der Waals surface area contributed by atoms with Crippen LogP contribution in [0, 0.1) is 19.1 Å². The van der Waals surface area contributed by atoms with Crippen molar-refractivity contribution in [2.75, 3.05) is 45.2 Å². The number of nitrogens with zero attached hydrogens (tertiary/aromatic N) is 4. The number of likely N-dealkylation sites (N-methyl/N-ethyl adjacent to an activating group) is 2. The van der Waals surface area contributed by atoms with Gasteiger partial charge in [-0.2, -0.15) is 17.7 Å². The highest BCUT2D eigenvalue weighted by Crippen LogP contribution is 2.39. The van der Waals surface area contributed by atoms with Crippen molar-refractivity contribution >= 4 is 17.4 Å². The molecule has 0 radical (unpaired) electrons.